The van der Waals surface area contributed by atoms with E-state index in [4.69, 9.17) is 23.7 Å². The zero-order valence-electron chi connectivity index (χ0n) is 28.9. The minimum atomic E-state index is -0.804. The highest BCUT2D eigenvalue weighted by molar-refractivity contribution is 5.74. The summed E-state index contributed by atoms with van der Waals surface area (Å²) in [6, 6.07) is 5.56. The first kappa shape index (κ1) is 38.9. The van der Waals surface area contributed by atoms with Crippen molar-refractivity contribution in [3.05, 3.63) is 83.0 Å². The molecule has 1 aromatic rings. The third-order valence-electron chi connectivity index (χ3n) is 7.41. The van der Waals surface area contributed by atoms with Crippen LogP contribution in [0.3, 0.4) is 0 Å². The van der Waals surface area contributed by atoms with Crippen LogP contribution in [0, 0.1) is 5.41 Å². The van der Waals surface area contributed by atoms with Crippen molar-refractivity contribution in [2.45, 2.75) is 99.2 Å². The lowest BCUT2D eigenvalue weighted by Crippen LogP contribution is -2.30. The molecule has 0 fully saturated rings. The molecule has 0 aromatic heterocycles. The van der Waals surface area contributed by atoms with Gasteiger partial charge in [0.05, 0.1) is 41.2 Å². The summed E-state index contributed by atoms with van der Waals surface area (Å²) in [6.07, 6.45) is 17.6. The van der Waals surface area contributed by atoms with Crippen molar-refractivity contribution in [3.63, 3.8) is 0 Å². The first-order valence-corrected chi connectivity index (χ1v) is 15.7. The number of methoxy groups -OCH3 is 3. The zero-order valence-corrected chi connectivity index (χ0v) is 28.9. The van der Waals surface area contributed by atoms with E-state index in [1.165, 1.54) is 29.4 Å². The van der Waals surface area contributed by atoms with Crippen molar-refractivity contribution in [1.29, 1.82) is 0 Å². The van der Waals surface area contributed by atoms with Gasteiger partial charge in [-0.25, -0.2) is 4.79 Å². The van der Waals surface area contributed by atoms with Gasteiger partial charge in [0.15, 0.2) is 17.6 Å². The van der Waals surface area contributed by atoms with E-state index in [0.717, 1.165) is 50.5 Å². The van der Waals surface area contributed by atoms with Crippen molar-refractivity contribution >= 4 is 5.97 Å². The van der Waals surface area contributed by atoms with Gasteiger partial charge in [-0.1, -0.05) is 79.2 Å². The van der Waals surface area contributed by atoms with E-state index in [-0.39, 0.29) is 12.0 Å². The summed E-state index contributed by atoms with van der Waals surface area (Å²) in [7, 11) is 4.53. The molecule has 246 valence electrons. The Morgan fingerprint density at radius 2 is 1.59 bits per heavy atom. The minimum absolute atomic E-state index is 0.0876. The lowest BCUT2D eigenvalue weighted by Gasteiger charge is -2.20. The van der Waals surface area contributed by atoms with Crippen LogP contribution < -0.4 is 9.47 Å². The van der Waals surface area contributed by atoms with Crippen LogP contribution >= 0.6 is 0 Å². The second kappa shape index (κ2) is 21.6. The van der Waals surface area contributed by atoms with E-state index in [9.17, 15) is 4.79 Å². The molecule has 1 atom stereocenters. The molecule has 0 aliphatic heterocycles. The average molecular weight is 611 g/mol. The molecule has 0 N–H and O–H groups in total. The molecule has 1 aromatic carbocycles. The van der Waals surface area contributed by atoms with Gasteiger partial charge in [0, 0.05) is 0 Å². The highest BCUT2D eigenvalue weighted by Crippen LogP contribution is 2.29. The van der Waals surface area contributed by atoms with Crippen molar-refractivity contribution < 1.29 is 28.5 Å². The Bertz CT molecular complexity index is 1130. The molecular formula is C38H58O6. The van der Waals surface area contributed by atoms with Crippen LogP contribution in [0.5, 0.6) is 11.5 Å². The Kier molecular flexibility index (Phi) is 19.1. The molecule has 6 heteroatoms. The number of carbonyl (C=O) groups is 1. The molecular weight excluding hydrogens is 552 g/mol. The third kappa shape index (κ3) is 17.3. The standard InChI is InChI=1S/C38H58O6/c1-29(2)14-13-16-30(3)17-18-32(5)21-24-38(6,7)23-12-11-15-31(4)22-25-44-36(37(39)42-10)28-43-27-33-19-20-34(40-8)35(26-33)41-9/h12,14,17,19-20,22-23,26,36H,5,11,13,15-16,18,21,24-25,27-28H2,1-4,6-10H3. The second-order valence-electron chi connectivity index (χ2n) is 12.4. The first-order valence-electron chi connectivity index (χ1n) is 15.7. The normalized spacial score (nSPS) is 13.1. The number of esters is 1. The molecule has 0 saturated carbocycles. The largest absolute Gasteiger partial charge is 0.493 e. The van der Waals surface area contributed by atoms with Gasteiger partial charge in [0.25, 0.3) is 0 Å². The van der Waals surface area contributed by atoms with Gasteiger partial charge in [-0.3, -0.25) is 0 Å². The van der Waals surface area contributed by atoms with E-state index >= 15 is 0 Å². The smallest absolute Gasteiger partial charge is 0.337 e. The molecule has 1 unspecified atom stereocenters. The highest BCUT2D eigenvalue weighted by Gasteiger charge is 2.20. The predicted octanol–water partition coefficient (Wildman–Crippen LogP) is 9.51. The molecule has 0 saturated heterocycles. The summed E-state index contributed by atoms with van der Waals surface area (Å²) in [6.45, 7) is 18.2. The monoisotopic (exact) mass is 610 g/mol. The molecule has 0 bridgehead atoms. The number of ether oxygens (including phenoxy) is 5. The van der Waals surface area contributed by atoms with Crippen LogP contribution in [0.25, 0.3) is 0 Å². The van der Waals surface area contributed by atoms with Crippen LogP contribution in [0.1, 0.15) is 92.1 Å². The van der Waals surface area contributed by atoms with Gasteiger partial charge in [-0.2, -0.15) is 0 Å². The van der Waals surface area contributed by atoms with Crippen LogP contribution in [-0.2, 0) is 25.6 Å². The summed E-state index contributed by atoms with van der Waals surface area (Å²) in [5.74, 6) is 0.816. The fraction of sp³-hybridized carbons (Fsp3) is 0.553. The van der Waals surface area contributed by atoms with Gasteiger partial charge in [-0.05, 0) is 95.8 Å². The highest BCUT2D eigenvalue weighted by atomic mass is 16.6. The van der Waals surface area contributed by atoms with Crippen LogP contribution in [0.4, 0.5) is 0 Å². The summed E-state index contributed by atoms with van der Waals surface area (Å²) >= 11 is 0. The molecule has 0 aliphatic carbocycles. The number of carbonyl (C=O) groups excluding carboxylic acids is 1. The number of benzene rings is 1. The molecule has 0 amide bonds. The SMILES string of the molecule is C=C(CC=C(C)CCC=C(C)C)CCC(C)(C)C=CCCC(C)=CCOC(COCc1ccc(OC)c(OC)c1)C(=O)OC. The second-order valence-corrected chi connectivity index (χ2v) is 12.4. The average Bonchev–Trinajstić information content (AvgIpc) is 2.99. The van der Waals surface area contributed by atoms with Gasteiger partial charge in [0.2, 0.25) is 0 Å². The van der Waals surface area contributed by atoms with Crippen molar-refractivity contribution in [3.8, 4) is 11.5 Å². The number of rotatable bonds is 22. The van der Waals surface area contributed by atoms with Crippen LogP contribution in [-0.4, -0.2) is 46.6 Å². The lowest BCUT2D eigenvalue weighted by atomic mass is 9.85. The molecule has 0 heterocycles. The maximum absolute atomic E-state index is 12.2. The third-order valence-corrected chi connectivity index (χ3v) is 7.41. The Balaban J connectivity index is 2.44. The Morgan fingerprint density at radius 3 is 2.25 bits per heavy atom. The summed E-state index contributed by atoms with van der Waals surface area (Å²) in [5.41, 5.74) is 6.35. The summed E-state index contributed by atoms with van der Waals surface area (Å²) < 4.78 is 27.1. The van der Waals surface area contributed by atoms with Gasteiger partial charge >= 0.3 is 5.97 Å². The number of allylic oxidation sites excluding steroid dienone is 8. The van der Waals surface area contributed by atoms with Crippen LogP contribution in [0.2, 0.25) is 0 Å². The maximum atomic E-state index is 12.2. The Hall–Kier alpha value is -3.09. The van der Waals surface area contributed by atoms with Gasteiger partial charge < -0.3 is 23.7 Å². The van der Waals surface area contributed by atoms with E-state index in [1.54, 1.807) is 14.2 Å². The summed E-state index contributed by atoms with van der Waals surface area (Å²) in [4.78, 5) is 12.2. The van der Waals surface area contributed by atoms with E-state index < -0.39 is 12.1 Å². The molecule has 0 radical (unpaired) electrons. The van der Waals surface area contributed by atoms with Crippen molar-refractivity contribution in [1.82, 2.24) is 0 Å². The Labute approximate surface area is 267 Å². The molecule has 0 aliphatic rings. The van der Waals surface area contributed by atoms with E-state index in [1.807, 2.05) is 24.3 Å². The van der Waals surface area contributed by atoms with Crippen molar-refractivity contribution in [2.24, 2.45) is 5.41 Å². The van der Waals surface area contributed by atoms with Gasteiger partial charge in [-0.15, -0.1) is 0 Å². The minimum Gasteiger partial charge on any atom is -0.493 e. The molecule has 6 nitrogen and oxygen atoms in total. The quantitative estimate of drug-likeness (QED) is 0.0962. The first-order chi connectivity index (χ1) is 20.9. The number of hydrogen-bond donors (Lipinski definition) is 0. The molecule has 0 spiro atoms. The van der Waals surface area contributed by atoms with Crippen molar-refractivity contribution in [2.75, 3.05) is 34.5 Å². The van der Waals surface area contributed by atoms with Gasteiger partial charge in [0.1, 0.15) is 0 Å². The van der Waals surface area contributed by atoms with E-state index in [2.05, 4.69) is 72.4 Å². The fourth-order valence-electron chi connectivity index (χ4n) is 4.39. The summed E-state index contributed by atoms with van der Waals surface area (Å²) in [5, 5.41) is 0. The molecule has 1 rings (SSSR count). The zero-order chi connectivity index (χ0) is 33.0. The maximum Gasteiger partial charge on any atom is 0.337 e. The Morgan fingerprint density at radius 1 is 0.909 bits per heavy atom. The number of hydrogen-bond acceptors (Lipinski definition) is 6. The molecule has 44 heavy (non-hydrogen) atoms. The van der Waals surface area contributed by atoms with Crippen LogP contribution in [0.15, 0.2) is 77.5 Å². The predicted molar refractivity (Wildman–Crippen MR) is 182 cm³/mol. The lowest BCUT2D eigenvalue weighted by molar-refractivity contribution is -0.157. The topological polar surface area (TPSA) is 63.2 Å². The van der Waals surface area contributed by atoms with E-state index in [0.29, 0.717) is 24.7 Å². The fourth-order valence-corrected chi connectivity index (χ4v) is 4.39.